The highest BCUT2D eigenvalue weighted by molar-refractivity contribution is 6.33. The first-order valence-corrected chi connectivity index (χ1v) is 12.4. The highest BCUT2D eigenvalue weighted by atomic mass is 35.5. The molecule has 3 nitrogen and oxygen atoms in total. The number of halogens is 1. The van der Waals surface area contributed by atoms with Crippen molar-refractivity contribution in [3.05, 3.63) is 124 Å². The maximum absolute atomic E-state index is 6.94. The van der Waals surface area contributed by atoms with E-state index in [1.165, 1.54) is 5.57 Å². The Labute approximate surface area is 209 Å². The van der Waals surface area contributed by atoms with Crippen molar-refractivity contribution < 1.29 is 4.42 Å². The summed E-state index contributed by atoms with van der Waals surface area (Å²) in [7, 11) is 0. The minimum absolute atomic E-state index is 0.373. The Morgan fingerprint density at radius 1 is 0.829 bits per heavy atom. The number of benzene rings is 4. The van der Waals surface area contributed by atoms with Gasteiger partial charge in [-0.05, 0) is 41.3 Å². The van der Waals surface area contributed by atoms with E-state index in [0.717, 1.165) is 62.9 Å². The molecule has 0 aliphatic carbocycles. The van der Waals surface area contributed by atoms with Crippen LogP contribution in [0.15, 0.2) is 112 Å². The molecular weight excluding hydrogens is 452 g/mol. The van der Waals surface area contributed by atoms with Crippen LogP contribution in [0.1, 0.15) is 42.6 Å². The SMILES string of the molecule is CCC1=C(c2ccccc2)NC(c2c(Cl)ccc3oc4ccccc4c23)N=C(c2ccccc2)C1. The summed E-state index contributed by atoms with van der Waals surface area (Å²) >= 11 is 6.94. The molecule has 1 aromatic heterocycles. The summed E-state index contributed by atoms with van der Waals surface area (Å²) in [5, 5.41) is 6.53. The number of para-hydroxylation sites is 1. The van der Waals surface area contributed by atoms with Crippen molar-refractivity contribution in [2.24, 2.45) is 4.99 Å². The van der Waals surface area contributed by atoms with Crippen LogP contribution in [0.5, 0.6) is 0 Å². The number of hydrogen-bond acceptors (Lipinski definition) is 3. The molecular formula is C31H25ClN2O. The molecule has 1 aliphatic heterocycles. The van der Waals surface area contributed by atoms with Gasteiger partial charge in [0.15, 0.2) is 0 Å². The van der Waals surface area contributed by atoms with Crippen LogP contribution in [-0.4, -0.2) is 5.71 Å². The fraction of sp³-hybridized carbons (Fsp3) is 0.129. The lowest BCUT2D eigenvalue weighted by Gasteiger charge is -2.21. The van der Waals surface area contributed by atoms with Crippen LogP contribution < -0.4 is 5.32 Å². The molecule has 5 aromatic rings. The third kappa shape index (κ3) is 3.92. The quantitative estimate of drug-likeness (QED) is 0.282. The van der Waals surface area contributed by atoms with E-state index in [1.54, 1.807) is 0 Å². The number of nitrogens with one attached hydrogen (secondary N) is 1. The number of fused-ring (bicyclic) bond motifs is 3. The molecule has 6 rings (SSSR count). The zero-order chi connectivity index (χ0) is 23.8. The van der Waals surface area contributed by atoms with Crippen molar-refractivity contribution in [2.45, 2.75) is 25.9 Å². The molecule has 0 radical (unpaired) electrons. The number of hydrogen-bond donors (Lipinski definition) is 1. The van der Waals surface area contributed by atoms with Crippen LogP contribution in [0.2, 0.25) is 5.02 Å². The maximum atomic E-state index is 6.94. The van der Waals surface area contributed by atoms with E-state index in [1.807, 2.05) is 42.5 Å². The number of allylic oxidation sites excluding steroid dienone is 1. The van der Waals surface area contributed by atoms with Gasteiger partial charge in [-0.25, -0.2) is 0 Å². The number of nitrogens with zero attached hydrogens (tertiary/aromatic N) is 1. The van der Waals surface area contributed by atoms with Crippen molar-refractivity contribution in [1.82, 2.24) is 5.32 Å². The first-order valence-electron chi connectivity index (χ1n) is 12.0. The van der Waals surface area contributed by atoms with Gasteiger partial charge in [-0.15, -0.1) is 0 Å². The Balaban J connectivity index is 1.62. The van der Waals surface area contributed by atoms with Crippen LogP contribution in [0, 0.1) is 0 Å². The van der Waals surface area contributed by atoms with E-state index in [-0.39, 0.29) is 6.17 Å². The standard InChI is InChI=1S/C31H25ClN2O/c1-2-20-19-25(21-11-5-3-6-12-21)33-31(34-30(20)22-13-7-4-8-14-22)29-24(32)17-18-27-28(29)23-15-9-10-16-26(23)35-27/h3-18,31,34H,2,19H2,1H3. The highest BCUT2D eigenvalue weighted by Gasteiger charge is 2.26. The van der Waals surface area contributed by atoms with Gasteiger partial charge < -0.3 is 9.73 Å². The fourth-order valence-corrected chi connectivity index (χ4v) is 5.25. The van der Waals surface area contributed by atoms with Crippen molar-refractivity contribution in [2.75, 3.05) is 0 Å². The molecule has 35 heavy (non-hydrogen) atoms. The average molecular weight is 477 g/mol. The average Bonchev–Trinajstić information content (AvgIpc) is 3.17. The molecule has 0 saturated heterocycles. The lowest BCUT2D eigenvalue weighted by molar-refractivity contribution is 0.661. The van der Waals surface area contributed by atoms with E-state index in [2.05, 4.69) is 66.8 Å². The van der Waals surface area contributed by atoms with Gasteiger partial charge in [-0.3, -0.25) is 4.99 Å². The summed E-state index contributed by atoms with van der Waals surface area (Å²) in [5.41, 5.74) is 8.36. The third-order valence-electron chi connectivity index (χ3n) is 6.70. The summed E-state index contributed by atoms with van der Waals surface area (Å²) in [6.07, 6.45) is 1.32. The van der Waals surface area contributed by atoms with Crippen molar-refractivity contribution >= 4 is 44.9 Å². The number of furan rings is 1. The van der Waals surface area contributed by atoms with Crippen LogP contribution in [0.25, 0.3) is 27.6 Å². The summed E-state index contributed by atoms with van der Waals surface area (Å²) < 4.78 is 6.19. The molecule has 1 N–H and O–H groups in total. The molecule has 0 spiro atoms. The molecule has 4 heteroatoms. The first-order chi connectivity index (χ1) is 17.2. The number of rotatable bonds is 4. The second-order valence-electron chi connectivity index (χ2n) is 8.80. The Bertz CT molecular complexity index is 1580. The highest BCUT2D eigenvalue weighted by Crippen LogP contribution is 2.41. The molecule has 0 fully saturated rings. The van der Waals surface area contributed by atoms with Gasteiger partial charge in [0.1, 0.15) is 17.3 Å². The summed E-state index contributed by atoms with van der Waals surface area (Å²) in [6, 6.07) is 32.9. The van der Waals surface area contributed by atoms with Gasteiger partial charge in [0.05, 0.1) is 0 Å². The predicted octanol–water partition coefficient (Wildman–Crippen LogP) is 8.54. The smallest absolute Gasteiger partial charge is 0.147 e. The van der Waals surface area contributed by atoms with Crippen LogP contribution in [0.4, 0.5) is 0 Å². The zero-order valence-corrected chi connectivity index (χ0v) is 20.2. The topological polar surface area (TPSA) is 37.5 Å². The molecule has 0 saturated carbocycles. The molecule has 4 aromatic carbocycles. The first kappa shape index (κ1) is 21.7. The molecule has 0 bridgehead atoms. The zero-order valence-electron chi connectivity index (χ0n) is 19.5. The number of aliphatic imine (C=N–C) groups is 1. The Hall–Kier alpha value is -3.82. The molecule has 2 heterocycles. The van der Waals surface area contributed by atoms with Gasteiger partial charge in [-0.1, -0.05) is 97.4 Å². The largest absolute Gasteiger partial charge is 0.456 e. The molecule has 1 unspecified atom stereocenters. The Kier molecular flexibility index (Phi) is 5.63. The van der Waals surface area contributed by atoms with E-state index < -0.39 is 0 Å². The van der Waals surface area contributed by atoms with E-state index >= 15 is 0 Å². The Morgan fingerprint density at radius 2 is 1.51 bits per heavy atom. The molecule has 1 aliphatic rings. The molecule has 172 valence electrons. The van der Waals surface area contributed by atoms with Crippen LogP contribution >= 0.6 is 11.6 Å². The van der Waals surface area contributed by atoms with E-state index in [0.29, 0.717) is 5.02 Å². The minimum atomic E-state index is -0.373. The van der Waals surface area contributed by atoms with Crippen LogP contribution in [0.3, 0.4) is 0 Å². The molecule has 1 atom stereocenters. The lowest BCUT2D eigenvalue weighted by Crippen LogP contribution is -2.19. The lowest BCUT2D eigenvalue weighted by atomic mass is 9.96. The maximum Gasteiger partial charge on any atom is 0.147 e. The van der Waals surface area contributed by atoms with Crippen molar-refractivity contribution in [3.8, 4) is 0 Å². The second-order valence-corrected chi connectivity index (χ2v) is 9.20. The normalized spacial score (nSPS) is 16.3. The summed E-state index contributed by atoms with van der Waals surface area (Å²) in [5.74, 6) is 0. The van der Waals surface area contributed by atoms with Crippen molar-refractivity contribution in [1.29, 1.82) is 0 Å². The second kappa shape index (κ2) is 9.09. The summed E-state index contributed by atoms with van der Waals surface area (Å²) in [4.78, 5) is 5.33. The minimum Gasteiger partial charge on any atom is -0.456 e. The third-order valence-corrected chi connectivity index (χ3v) is 7.03. The van der Waals surface area contributed by atoms with Gasteiger partial charge in [0, 0.05) is 39.2 Å². The van der Waals surface area contributed by atoms with Crippen molar-refractivity contribution in [3.63, 3.8) is 0 Å². The van der Waals surface area contributed by atoms with Gasteiger partial charge >= 0.3 is 0 Å². The Morgan fingerprint density at radius 3 is 2.26 bits per heavy atom. The van der Waals surface area contributed by atoms with Crippen LogP contribution in [-0.2, 0) is 0 Å². The van der Waals surface area contributed by atoms with Gasteiger partial charge in [0.2, 0.25) is 0 Å². The summed E-state index contributed by atoms with van der Waals surface area (Å²) in [6.45, 7) is 2.21. The van der Waals surface area contributed by atoms with E-state index in [4.69, 9.17) is 21.0 Å². The monoisotopic (exact) mass is 476 g/mol. The van der Waals surface area contributed by atoms with E-state index in [9.17, 15) is 0 Å². The molecule has 0 amide bonds. The predicted molar refractivity (Wildman–Crippen MR) is 146 cm³/mol. The van der Waals surface area contributed by atoms with Gasteiger partial charge in [0.25, 0.3) is 0 Å². The fourth-order valence-electron chi connectivity index (χ4n) is 4.99. The van der Waals surface area contributed by atoms with Gasteiger partial charge in [-0.2, -0.15) is 0 Å².